The summed E-state index contributed by atoms with van der Waals surface area (Å²) in [6, 6.07) is 0.477. The van der Waals surface area contributed by atoms with Crippen LogP contribution in [0.4, 0.5) is 0 Å². The third kappa shape index (κ3) is 3.45. The molecule has 0 aliphatic heterocycles. The van der Waals surface area contributed by atoms with Gasteiger partial charge in [-0.15, -0.1) is 0 Å². The quantitative estimate of drug-likeness (QED) is 0.707. The van der Waals surface area contributed by atoms with Crippen LogP contribution >= 0.6 is 0 Å². The first-order valence-corrected chi connectivity index (χ1v) is 7.05. The second-order valence-electron chi connectivity index (χ2n) is 5.95. The van der Waals surface area contributed by atoms with Crippen molar-refractivity contribution >= 4 is 5.97 Å². The number of nitrogens with one attached hydrogen (secondary N) is 1. The minimum Gasteiger partial charge on any atom is -0.468 e. The number of hydrogen-bond acceptors (Lipinski definition) is 4. The second-order valence-corrected chi connectivity index (χ2v) is 5.95. The highest BCUT2D eigenvalue weighted by molar-refractivity contribution is 5.80. The topological polar surface area (TPSA) is 47.6 Å². The Bertz CT molecular complexity index is 299. The maximum absolute atomic E-state index is 12.0. The predicted octanol–water partition coefficient (Wildman–Crippen LogP) is 2.02. The summed E-state index contributed by atoms with van der Waals surface area (Å²) in [7, 11) is 1.45. The van der Waals surface area contributed by atoms with E-state index < -0.39 is 5.54 Å². The van der Waals surface area contributed by atoms with Crippen LogP contribution in [0.1, 0.15) is 52.4 Å². The monoisotopic (exact) mass is 255 g/mol. The van der Waals surface area contributed by atoms with Gasteiger partial charge in [0.05, 0.1) is 19.3 Å². The standard InChI is InChI=1S/C14H25NO3/c1-10(18-12-5-4-6-12)9-14(2,13(16)17-3)15-11-7-8-11/h10-12,15H,4-9H2,1-3H3. The molecule has 2 unspecified atom stereocenters. The van der Waals surface area contributed by atoms with Gasteiger partial charge >= 0.3 is 5.97 Å². The van der Waals surface area contributed by atoms with Crippen molar-refractivity contribution in [3.8, 4) is 0 Å². The van der Waals surface area contributed by atoms with Gasteiger partial charge in [-0.2, -0.15) is 0 Å². The van der Waals surface area contributed by atoms with E-state index in [-0.39, 0.29) is 12.1 Å². The van der Waals surface area contributed by atoms with E-state index in [0.717, 1.165) is 25.7 Å². The van der Waals surface area contributed by atoms with Crippen molar-refractivity contribution in [2.45, 2.75) is 76.2 Å². The Morgan fingerprint density at radius 3 is 2.50 bits per heavy atom. The molecule has 4 heteroatoms. The number of rotatable bonds is 7. The van der Waals surface area contributed by atoms with Crippen LogP contribution in [0, 0.1) is 0 Å². The highest BCUT2D eigenvalue weighted by Crippen LogP contribution is 2.29. The normalized spacial score (nSPS) is 25.1. The van der Waals surface area contributed by atoms with Crippen LogP contribution in [-0.2, 0) is 14.3 Å². The molecular weight excluding hydrogens is 230 g/mol. The Kier molecular flexibility index (Phi) is 4.28. The van der Waals surface area contributed by atoms with Crippen LogP contribution in [0.3, 0.4) is 0 Å². The SMILES string of the molecule is COC(=O)C(C)(CC(C)OC1CCC1)NC1CC1. The van der Waals surface area contributed by atoms with Crippen LogP contribution < -0.4 is 5.32 Å². The molecule has 2 rings (SSSR count). The van der Waals surface area contributed by atoms with E-state index in [2.05, 4.69) is 5.32 Å². The van der Waals surface area contributed by atoms with Crippen LogP contribution in [0.5, 0.6) is 0 Å². The van der Waals surface area contributed by atoms with Gasteiger partial charge in [-0.05, 0) is 46.0 Å². The lowest BCUT2D eigenvalue weighted by atomic mass is 9.92. The van der Waals surface area contributed by atoms with Gasteiger partial charge in [0.1, 0.15) is 5.54 Å². The number of carbonyl (C=O) groups is 1. The summed E-state index contributed by atoms with van der Waals surface area (Å²) in [6.07, 6.45) is 7.08. The van der Waals surface area contributed by atoms with E-state index in [1.165, 1.54) is 13.5 Å². The first kappa shape index (κ1) is 13.8. The van der Waals surface area contributed by atoms with E-state index >= 15 is 0 Å². The summed E-state index contributed by atoms with van der Waals surface area (Å²) < 4.78 is 10.9. The first-order valence-electron chi connectivity index (χ1n) is 7.05. The molecule has 0 saturated heterocycles. The maximum Gasteiger partial charge on any atom is 0.325 e. The van der Waals surface area contributed by atoms with Gasteiger partial charge in [0.15, 0.2) is 0 Å². The molecule has 2 saturated carbocycles. The molecule has 0 aromatic heterocycles. The van der Waals surface area contributed by atoms with Gasteiger partial charge < -0.3 is 9.47 Å². The van der Waals surface area contributed by atoms with Crippen molar-refractivity contribution in [2.24, 2.45) is 0 Å². The number of hydrogen-bond donors (Lipinski definition) is 1. The minimum atomic E-state index is -0.612. The van der Waals surface area contributed by atoms with Crippen molar-refractivity contribution in [3.63, 3.8) is 0 Å². The molecular formula is C14H25NO3. The van der Waals surface area contributed by atoms with Gasteiger partial charge in [-0.25, -0.2) is 0 Å². The molecule has 0 aromatic rings. The molecule has 0 bridgehead atoms. The van der Waals surface area contributed by atoms with Crippen LogP contribution in [0.2, 0.25) is 0 Å². The Hall–Kier alpha value is -0.610. The summed E-state index contributed by atoms with van der Waals surface area (Å²) >= 11 is 0. The smallest absolute Gasteiger partial charge is 0.325 e. The van der Waals surface area contributed by atoms with E-state index in [9.17, 15) is 4.79 Å². The van der Waals surface area contributed by atoms with Gasteiger partial charge in [-0.1, -0.05) is 0 Å². The van der Waals surface area contributed by atoms with Crippen molar-refractivity contribution in [1.29, 1.82) is 0 Å². The fourth-order valence-corrected chi connectivity index (χ4v) is 2.56. The number of methoxy groups -OCH3 is 1. The molecule has 0 aromatic carbocycles. The highest BCUT2D eigenvalue weighted by Gasteiger charge is 2.41. The molecule has 0 heterocycles. The molecule has 18 heavy (non-hydrogen) atoms. The minimum absolute atomic E-state index is 0.0886. The lowest BCUT2D eigenvalue weighted by Gasteiger charge is -2.34. The van der Waals surface area contributed by atoms with Gasteiger partial charge in [0.25, 0.3) is 0 Å². The Labute approximate surface area is 109 Å². The summed E-state index contributed by atoms with van der Waals surface area (Å²) in [6.45, 7) is 3.98. The molecule has 4 nitrogen and oxygen atoms in total. The molecule has 2 aliphatic rings. The molecule has 1 N–H and O–H groups in total. The van der Waals surface area contributed by atoms with Crippen molar-refractivity contribution < 1.29 is 14.3 Å². The molecule has 0 spiro atoms. The largest absolute Gasteiger partial charge is 0.468 e. The summed E-state index contributed by atoms with van der Waals surface area (Å²) in [4.78, 5) is 12.0. The average Bonchev–Trinajstić information content (AvgIpc) is 3.05. The van der Waals surface area contributed by atoms with Gasteiger partial charge in [0.2, 0.25) is 0 Å². The lowest BCUT2D eigenvalue weighted by Crippen LogP contribution is -2.53. The lowest BCUT2D eigenvalue weighted by molar-refractivity contribution is -0.150. The molecule has 104 valence electrons. The zero-order chi connectivity index (χ0) is 13.2. The third-order valence-electron chi connectivity index (χ3n) is 3.91. The highest BCUT2D eigenvalue weighted by atomic mass is 16.5. The van der Waals surface area contributed by atoms with E-state index in [1.54, 1.807) is 0 Å². The fraction of sp³-hybridized carbons (Fsp3) is 0.929. The predicted molar refractivity (Wildman–Crippen MR) is 69.4 cm³/mol. The zero-order valence-corrected chi connectivity index (χ0v) is 11.7. The number of ether oxygens (including phenoxy) is 2. The van der Waals surface area contributed by atoms with Crippen molar-refractivity contribution in [3.05, 3.63) is 0 Å². The Balaban J connectivity index is 1.87. The van der Waals surface area contributed by atoms with E-state index in [4.69, 9.17) is 9.47 Å². The summed E-state index contributed by atoms with van der Waals surface area (Å²) in [5, 5.41) is 3.40. The molecule has 2 atom stereocenters. The number of carbonyl (C=O) groups excluding carboxylic acids is 1. The van der Waals surface area contributed by atoms with Gasteiger partial charge in [-0.3, -0.25) is 10.1 Å². The molecule has 0 radical (unpaired) electrons. The van der Waals surface area contributed by atoms with Crippen LogP contribution in [-0.4, -0.2) is 36.9 Å². The first-order chi connectivity index (χ1) is 8.53. The van der Waals surface area contributed by atoms with Crippen LogP contribution in [0.25, 0.3) is 0 Å². The van der Waals surface area contributed by atoms with E-state index in [0.29, 0.717) is 18.6 Å². The Morgan fingerprint density at radius 2 is 2.06 bits per heavy atom. The number of esters is 1. The third-order valence-corrected chi connectivity index (χ3v) is 3.91. The van der Waals surface area contributed by atoms with E-state index in [1.807, 2.05) is 13.8 Å². The Morgan fingerprint density at radius 1 is 1.39 bits per heavy atom. The summed E-state index contributed by atoms with van der Waals surface area (Å²) in [5.74, 6) is -0.182. The zero-order valence-electron chi connectivity index (χ0n) is 11.7. The molecule has 2 aliphatic carbocycles. The molecule has 0 amide bonds. The maximum atomic E-state index is 12.0. The van der Waals surface area contributed by atoms with Crippen molar-refractivity contribution in [1.82, 2.24) is 5.32 Å². The second kappa shape index (κ2) is 5.57. The average molecular weight is 255 g/mol. The van der Waals surface area contributed by atoms with Gasteiger partial charge in [0, 0.05) is 12.5 Å². The summed E-state index contributed by atoms with van der Waals surface area (Å²) in [5.41, 5.74) is -0.612. The molecule has 2 fully saturated rings. The van der Waals surface area contributed by atoms with Crippen molar-refractivity contribution in [2.75, 3.05) is 7.11 Å². The van der Waals surface area contributed by atoms with Crippen LogP contribution in [0.15, 0.2) is 0 Å². The fourth-order valence-electron chi connectivity index (χ4n) is 2.56.